The van der Waals surface area contributed by atoms with E-state index in [2.05, 4.69) is 16.8 Å². The van der Waals surface area contributed by atoms with Crippen molar-refractivity contribution in [3.8, 4) is 0 Å². The highest BCUT2D eigenvalue weighted by Crippen LogP contribution is 2.01. The molecule has 1 heterocycles. The van der Waals surface area contributed by atoms with Crippen LogP contribution in [0.2, 0.25) is 0 Å². The summed E-state index contributed by atoms with van der Waals surface area (Å²) < 4.78 is 0. The Balaban J connectivity index is 2.47. The van der Waals surface area contributed by atoms with Crippen LogP contribution in [0.25, 0.3) is 0 Å². The molecule has 0 saturated heterocycles. The Morgan fingerprint density at radius 3 is 2.87 bits per heavy atom. The van der Waals surface area contributed by atoms with Gasteiger partial charge in [0.05, 0.1) is 11.8 Å². The van der Waals surface area contributed by atoms with Crippen LogP contribution in [0.3, 0.4) is 0 Å². The van der Waals surface area contributed by atoms with Crippen molar-refractivity contribution in [1.29, 1.82) is 0 Å². The lowest BCUT2D eigenvalue weighted by atomic mass is 10.3. The zero-order valence-electron chi connectivity index (χ0n) is 9.13. The molecule has 1 atom stereocenters. The van der Waals surface area contributed by atoms with Crippen molar-refractivity contribution in [2.24, 2.45) is 5.73 Å². The van der Waals surface area contributed by atoms with Gasteiger partial charge in [-0.2, -0.15) is 0 Å². The fourth-order valence-electron chi connectivity index (χ4n) is 1.40. The SMILES string of the molecule is CCN(Cc1ccccn1)CC(O)CN. The Labute approximate surface area is 90.7 Å². The van der Waals surface area contributed by atoms with E-state index in [0.717, 1.165) is 18.8 Å². The molecule has 0 amide bonds. The van der Waals surface area contributed by atoms with E-state index in [9.17, 15) is 5.11 Å². The Bertz CT molecular complexity index is 266. The number of hydrogen-bond donors (Lipinski definition) is 2. The van der Waals surface area contributed by atoms with Crippen LogP contribution in [-0.4, -0.2) is 40.7 Å². The van der Waals surface area contributed by atoms with E-state index < -0.39 is 6.10 Å². The maximum absolute atomic E-state index is 9.45. The van der Waals surface area contributed by atoms with Gasteiger partial charge in [0.15, 0.2) is 0 Å². The van der Waals surface area contributed by atoms with Gasteiger partial charge in [-0.1, -0.05) is 13.0 Å². The highest BCUT2D eigenvalue weighted by molar-refractivity contribution is 5.03. The number of rotatable bonds is 6. The van der Waals surface area contributed by atoms with Gasteiger partial charge in [-0.3, -0.25) is 9.88 Å². The van der Waals surface area contributed by atoms with Crippen LogP contribution in [0.1, 0.15) is 12.6 Å². The maximum Gasteiger partial charge on any atom is 0.0789 e. The summed E-state index contributed by atoms with van der Waals surface area (Å²) in [6.07, 6.45) is 1.33. The Morgan fingerprint density at radius 1 is 1.53 bits per heavy atom. The number of nitrogens with two attached hydrogens (primary N) is 1. The first kappa shape index (κ1) is 12.1. The van der Waals surface area contributed by atoms with Crippen molar-refractivity contribution < 1.29 is 5.11 Å². The van der Waals surface area contributed by atoms with E-state index in [4.69, 9.17) is 5.73 Å². The molecule has 0 aliphatic heterocycles. The van der Waals surface area contributed by atoms with Crippen molar-refractivity contribution in [2.75, 3.05) is 19.6 Å². The average Bonchev–Trinajstić information content (AvgIpc) is 2.29. The maximum atomic E-state index is 9.45. The Morgan fingerprint density at radius 2 is 2.33 bits per heavy atom. The number of likely N-dealkylation sites (N-methyl/N-ethyl adjacent to an activating group) is 1. The number of pyridine rings is 1. The molecule has 0 aromatic carbocycles. The summed E-state index contributed by atoms with van der Waals surface area (Å²) in [7, 11) is 0. The molecule has 0 spiro atoms. The molecule has 1 unspecified atom stereocenters. The molecular weight excluding hydrogens is 190 g/mol. The van der Waals surface area contributed by atoms with Gasteiger partial charge < -0.3 is 10.8 Å². The van der Waals surface area contributed by atoms with Gasteiger partial charge in [0.1, 0.15) is 0 Å². The number of aliphatic hydroxyl groups excluding tert-OH is 1. The largest absolute Gasteiger partial charge is 0.390 e. The van der Waals surface area contributed by atoms with Crippen molar-refractivity contribution in [3.05, 3.63) is 30.1 Å². The molecule has 1 rings (SSSR count). The summed E-state index contributed by atoms with van der Waals surface area (Å²) in [5.41, 5.74) is 6.39. The minimum Gasteiger partial charge on any atom is -0.390 e. The first-order chi connectivity index (χ1) is 7.26. The van der Waals surface area contributed by atoms with E-state index >= 15 is 0 Å². The highest BCUT2D eigenvalue weighted by Gasteiger charge is 2.09. The predicted octanol–water partition coefficient (Wildman–Crippen LogP) is 0.223. The summed E-state index contributed by atoms with van der Waals surface area (Å²) >= 11 is 0. The summed E-state index contributed by atoms with van der Waals surface area (Å²) in [4.78, 5) is 6.37. The second-order valence-electron chi connectivity index (χ2n) is 3.54. The fourth-order valence-corrected chi connectivity index (χ4v) is 1.40. The van der Waals surface area contributed by atoms with Crippen LogP contribution in [0.4, 0.5) is 0 Å². The molecule has 0 aliphatic rings. The van der Waals surface area contributed by atoms with E-state index in [0.29, 0.717) is 13.1 Å². The lowest BCUT2D eigenvalue weighted by Crippen LogP contribution is -2.36. The molecular formula is C11H19N3O. The second kappa shape index (κ2) is 6.50. The second-order valence-corrected chi connectivity index (χ2v) is 3.54. The third kappa shape index (κ3) is 4.38. The first-order valence-electron chi connectivity index (χ1n) is 5.26. The topological polar surface area (TPSA) is 62.4 Å². The van der Waals surface area contributed by atoms with E-state index in [-0.39, 0.29) is 0 Å². The lowest BCUT2D eigenvalue weighted by Gasteiger charge is -2.22. The lowest BCUT2D eigenvalue weighted by molar-refractivity contribution is 0.117. The van der Waals surface area contributed by atoms with E-state index in [1.165, 1.54) is 0 Å². The molecule has 3 N–H and O–H groups in total. The summed E-state index contributed by atoms with van der Waals surface area (Å²) in [6, 6.07) is 5.85. The van der Waals surface area contributed by atoms with Crippen LogP contribution in [-0.2, 0) is 6.54 Å². The number of aliphatic hydroxyl groups is 1. The predicted molar refractivity (Wildman–Crippen MR) is 60.2 cm³/mol. The summed E-state index contributed by atoms with van der Waals surface area (Å²) in [5, 5.41) is 9.45. The van der Waals surface area contributed by atoms with Gasteiger partial charge in [0.25, 0.3) is 0 Å². The van der Waals surface area contributed by atoms with E-state index in [1.54, 1.807) is 6.20 Å². The standard InChI is InChI=1S/C11H19N3O/c1-2-14(9-11(15)7-12)8-10-5-3-4-6-13-10/h3-6,11,15H,2,7-9,12H2,1H3. The summed E-state index contributed by atoms with van der Waals surface area (Å²) in [5.74, 6) is 0. The van der Waals surface area contributed by atoms with Gasteiger partial charge in [0.2, 0.25) is 0 Å². The molecule has 1 aromatic rings. The van der Waals surface area contributed by atoms with Gasteiger partial charge in [0, 0.05) is 25.8 Å². The number of aromatic nitrogens is 1. The third-order valence-electron chi connectivity index (χ3n) is 2.30. The van der Waals surface area contributed by atoms with Crippen LogP contribution in [0.5, 0.6) is 0 Å². The molecule has 4 nitrogen and oxygen atoms in total. The zero-order valence-corrected chi connectivity index (χ0v) is 9.13. The van der Waals surface area contributed by atoms with Crippen molar-refractivity contribution in [2.45, 2.75) is 19.6 Å². The van der Waals surface area contributed by atoms with E-state index in [1.807, 2.05) is 18.2 Å². The monoisotopic (exact) mass is 209 g/mol. The molecule has 4 heteroatoms. The van der Waals surface area contributed by atoms with Crippen molar-refractivity contribution >= 4 is 0 Å². The first-order valence-corrected chi connectivity index (χ1v) is 5.26. The van der Waals surface area contributed by atoms with Crippen LogP contribution in [0.15, 0.2) is 24.4 Å². The Hall–Kier alpha value is -0.970. The third-order valence-corrected chi connectivity index (χ3v) is 2.30. The van der Waals surface area contributed by atoms with Crippen LogP contribution in [0, 0.1) is 0 Å². The molecule has 0 saturated carbocycles. The Kier molecular flexibility index (Phi) is 5.25. The molecule has 0 bridgehead atoms. The number of hydrogen-bond acceptors (Lipinski definition) is 4. The fraction of sp³-hybridized carbons (Fsp3) is 0.545. The zero-order chi connectivity index (χ0) is 11.1. The average molecular weight is 209 g/mol. The van der Waals surface area contributed by atoms with Gasteiger partial charge in [-0.25, -0.2) is 0 Å². The molecule has 0 radical (unpaired) electrons. The van der Waals surface area contributed by atoms with Crippen LogP contribution < -0.4 is 5.73 Å². The minimum absolute atomic E-state index is 0.304. The number of nitrogens with zero attached hydrogens (tertiary/aromatic N) is 2. The van der Waals surface area contributed by atoms with Crippen LogP contribution >= 0.6 is 0 Å². The summed E-state index contributed by atoms with van der Waals surface area (Å²) in [6.45, 7) is 4.61. The quantitative estimate of drug-likeness (QED) is 0.703. The molecule has 1 aromatic heterocycles. The van der Waals surface area contributed by atoms with Gasteiger partial charge >= 0.3 is 0 Å². The molecule has 15 heavy (non-hydrogen) atoms. The van der Waals surface area contributed by atoms with Gasteiger partial charge in [-0.05, 0) is 18.7 Å². The molecule has 0 aliphatic carbocycles. The molecule has 84 valence electrons. The minimum atomic E-state index is -0.450. The molecule has 0 fully saturated rings. The van der Waals surface area contributed by atoms with Crippen molar-refractivity contribution in [1.82, 2.24) is 9.88 Å². The van der Waals surface area contributed by atoms with Crippen molar-refractivity contribution in [3.63, 3.8) is 0 Å². The smallest absolute Gasteiger partial charge is 0.0789 e. The highest BCUT2D eigenvalue weighted by atomic mass is 16.3. The normalized spacial score (nSPS) is 13.1. The van der Waals surface area contributed by atoms with Gasteiger partial charge in [-0.15, -0.1) is 0 Å².